The minimum Gasteiger partial charge on any atom is -0.494 e. The zero-order valence-electron chi connectivity index (χ0n) is 20.3. The van der Waals surface area contributed by atoms with Crippen molar-refractivity contribution >= 4 is 17.5 Å². The summed E-state index contributed by atoms with van der Waals surface area (Å²) in [5.74, 6) is 0.109. The number of carbonyl (C=O) groups is 1. The molecule has 1 aromatic heterocycles. The number of amides is 1. The summed E-state index contributed by atoms with van der Waals surface area (Å²) >= 11 is 5.93. The van der Waals surface area contributed by atoms with Gasteiger partial charge in [0.1, 0.15) is 29.5 Å². The molecule has 0 saturated heterocycles. The highest BCUT2D eigenvalue weighted by molar-refractivity contribution is 6.31. The SMILES string of the molecule is COc1cc(C(=O)NCC(C)(O)c2ccc(OC)c(-c3ccc(F)c(Cl)c3)n2)ccc1OCC(C)O. The predicted octanol–water partition coefficient (Wildman–Crippen LogP) is 3.96. The molecule has 2 aromatic carbocycles. The molecule has 0 saturated carbocycles. The van der Waals surface area contributed by atoms with Crippen LogP contribution in [-0.2, 0) is 5.60 Å². The Morgan fingerprint density at radius 2 is 1.81 bits per heavy atom. The number of nitrogens with one attached hydrogen (secondary N) is 1. The Kier molecular flexibility index (Phi) is 8.73. The first-order valence-electron chi connectivity index (χ1n) is 11.1. The number of hydrogen-bond donors (Lipinski definition) is 3. The lowest BCUT2D eigenvalue weighted by Crippen LogP contribution is -2.39. The van der Waals surface area contributed by atoms with E-state index in [0.717, 1.165) is 0 Å². The fourth-order valence-electron chi connectivity index (χ4n) is 3.34. The number of aromatic nitrogens is 1. The molecule has 3 rings (SSSR count). The van der Waals surface area contributed by atoms with Crippen molar-refractivity contribution in [2.45, 2.75) is 25.6 Å². The fraction of sp³-hybridized carbons (Fsp3) is 0.308. The van der Waals surface area contributed by atoms with Crippen molar-refractivity contribution in [3.05, 3.63) is 70.6 Å². The van der Waals surface area contributed by atoms with Crippen LogP contribution >= 0.6 is 11.6 Å². The van der Waals surface area contributed by atoms with Gasteiger partial charge < -0.3 is 29.7 Å². The summed E-state index contributed by atoms with van der Waals surface area (Å²) < 4.78 is 29.8. The lowest BCUT2D eigenvalue weighted by molar-refractivity contribution is 0.0489. The molecule has 8 nitrogen and oxygen atoms in total. The predicted molar refractivity (Wildman–Crippen MR) is 133 cm³/mol. The number of halogens is 2. The minimum atomic E-state index is -1.55. The Bertz CT molecular complexity index is 1240. The van der Waals surface area contributed by atoms with Gasteiger partial charge in [-0.25, -0.2) is 9.37 Å². The molecular formula is C26H28ClFN2O6. The number of rotatable bonds is 10. The minimum absolute atomic E-state index is 0.0708. The summed E-state index contributed by atoms with van der Waals surface area (Å²) in [6.45, 7) is 3.02. The van der Waals surface area contributed by atoms with Gasteiger partial charge in [0.05, 0.1) is 37.6 Å². The molecular weight excluding hydrogens is 491 g/mol. The molecule has 2 atom stereocenters. The van der Waals surface area contributed by atoms with E-state index in [4.69, 9.17) is 25.8 Å². The molecule has 1 amide bonds. The standard InChI is InChI=1S/C26H28ClFN2O6/c1-15(31)13-36-20-8-6-17(12-22(20)35-4)25(32)29-14-26(2,33)23-10-9-21(34-3)24(30-23)16-5-7-19(28)18(27)11-16/h5-12,15,31,33H,13-14H2,1-4H3,(H,29,32). The molecule has 2 unspecified atom stereocenters. The van der Waals surface area contributed by atoms with Gasteiger partial charge in [0.25, 0.3) is 5.91 Å². The average Bonchev–Trinajstić information content (AvgIpc) is 2.87. The zero-order valence-corrected chi connectivity index (χ0v) is 21.1. The Hall–Kier alpha value is -3.40. The van der Waals surface area contributed by atoms with Crippen LogP contribution < -0.4 is 19.5 Å². The van der Waals surface area contributed by atoms with Crippen molar-refractivity contribution in [1.29, 1.82) is 0 Å². The Morgan fingerprint density at radius 1 is 1.11 bits per heavy atom. The molecule has 10 heteroatoms. The van der Waals surface area contributed by atoms with Crippen LogP contribution in [0.4, 0.5) is 4.39 Å². The number of ether oxygens (including phenoxy) is 3. The lowest BCUT2D eigenvalue weighted by Gasteiger charge is -2.24. The van der Waals surface area contributed by atoms with E-state index < -0.39 is 23.4 Å². The number of carbonyl (C=O) groups excluding carboxylic acids is 1. The average molecular weight is 519 g/mol. The molecule has 0 aliphatic carbocycles. The summed E-state index contributed by atoms with van der Waals surface area (Å²) in [6.07, 6.45) is -0.660. The van der Waals surface area contributed by atoms with Gasteiger partial charge in [0, 0.05) is 11.1 Å². The van der Waals surface area contributed by atoms with Gasteiger partial charge in [-0.15, -0.1) is 0 Å². The quantitative estimate of drug-likeness (QED) is 0.372. The topological polar surface area (TPSA) is 110 Å². The van der Waals surface area contributed by atoms with Gasteiger partial charge in [0.15, 0.2) is 11.5 Å². The van der Waals surface area contributed by atoms with Crippen molar-refractivity contribution in [1.82, 2.24) is 10.3 Å². The molecule has 3 aromatic rings. The molecule has 0 aliphatic rings. The largest absolute Gasteiger partial charge is 0.494 e. The molecule has 0 fully saturated rings. The van der Waals surface area contributed by atoms with Crippen molar-refractivity contribution in [3.8, 4) is 28.5 Å². The Labute approximate surface area is 213 Å². The fourth-order valence-corrected chi connectivity index (χ4v) is 3.53. The van der Waals surface area contributed by atoms with Crippen LogP contribution in [0.2, 0.25) is 5.02 Å². The maximum Gasteiger partial charge on any atom is 0.251 e. The summed E-state index contributed by atoms with van der Waals surface area (Å²) in [7, 11) is 2.91. The van der Waals surface area contributed by atoms with Crippen LogP contribution in [-0.4, -0.2) is 54.6 Å². The van der Waals surface area contributed by atoms with E-state index in [2.05, 4.69) is 10.3 Å². The number of nitrogens with zero attached hydrogens (tertiary/aromatic N) is 1. The van der Waals surface area contributed by atoms with Gasteiger partial charge in [-0.1, -0.05) is 11.6 Å². The highest BCUT2D eigenvalue weighted by Gasteiger charge is 2.27. The Balaban J connectivity index is 1.79. The summed E-state index contributed by atoms with van der Waals surface area (Å²) in [5.41, 5.74) is -0.133. The number of methoxy groups -OCH3 is 2. The maximum absolute atomic E-state index is 13.6. The summed E-state index contributed by atoms with van der Waals surface area (Å²) in [6, 6.07) is 12.0. The van der Waals surface area contributed by atoms with Gasteiger partial charge in [-0.2, -0.15) is 0 Å². The smallest absolute Gasteiger partial charge is 0.251 e. The molecule has 0 radical (unpaired) electrons. The first-order valence-corrected chi connectivity index (χ1v) is 11.4. The molecule has 1 heterocycles. The van der Waals surface area contributed by atoms with Gasteiger partial charge in [-0.3, -0.25) is 4.79 Å². The maximum atomic E-state index is 13.6. The third-order valence-electron chi connectivity index (χ3n) is 5.32. The van der Waals surface area contributed by atoms with E-state index in [1.807, 2.05) is 0 Å². The van der Waals surface area contributed by atoms with E-state index in [-0.39, 0.29) is 29.4 Å². The highest BCUT2D eigenvalue weighted by Crippen LogP contribution is 2.33. The number of aliphatic hydroxyl groups excluding tert-OH is 1. The summed E-state index contributed by atoms with van der Waals surface area (Å²) in [5, 5.41) is 23.1. The monoisotopic (exact) mass is 518 g/mol. The zero-order chi connectivity index (χ0) is 26.5. The first kappa shape index (κ1) is 27.2. The third-order valence-corrected chi connectivity index (χ3v) is 5.61. The van der Waals surface area contributed by atoms with E-state index in [0.29, 0.717) is 28.5 Å². The Morgan fingerprint density at radius 3 is 2.44 bits per heavy atom. The van der Waals surface area contributed by atoms with Crippen LogP contribution in [0.3, 0.4) is 0 Å². The molecule has 192 valence electrons. The second-order valence-corrected chi connectivity index (χ2v) is 8.77. The third kappa shape index (κ3) is 6.42. The van der Waals surface area contributed by atoms with E-state index in [1.54, 1.807) is 31.2 Å². The van der Waals surface area contributed by atoms with Crippen LogP contribution in [0.5, 0.6) is 17.2 Å². The second kappa shape index (κ2) is 11.6. The van der Waals surface area contributed by atoms with Crippen LogP contribution in [0.15, 0.2) is 48.5 Å². The number of aliphatic hydroxyl groups is 2. The van der Waals surface area contributed by atoms with E-state index in [1.165, 1.54) is 45.4 Å². The normalized spacial score (nSPS) is 13.4. The first-order chi connectivity index (χ1) is 17.1. The van der Waals surface area contributed by atoms with Crippen molar-refractivity contribution in [3.63, 3.8) is 0 Å². The van der Waals surface area contributed by atoms with Gasteiger partial charge in [0.2, 0.25) is 0 Å². The number of benzene rings is 2. The highest BCUT2D eigenvalue weighted by atomic mass is 35.5. The van der Waals surface area contributed by atoms with Crippen molar-refractivity contribution in [2.24, 2.45) is 0 Å². The number of pyridine rings is 1. The molecule has 0 aliphatic heterocycles. The van der Waals surface area contributed by atoms with Crippen molar-refractivity contribution in [2.75, 3.05) is 27.4 Å². The van der Waals surface area contributed by atoms with Crippen molar-refractivity contribution < 1.29 is 33.6 Å². The lowest BCUT2D eigenvalue weighted by atomic mass is 9.99. The van der Waals surface area contributed by atoms with Crippen LogP contribution in [0.25, 0.3) is 11.3 Å². The molecule has 0 spiro atoms. The summed E-state index contributed by atoms with van der Waals surface area (Å²) in [4.78, 5) is 17.3. The molecule has 0 bridgehead atoms. The van der Waals surface area contributed by atoms with Gasteiger partial charge >= 0.3 is 0 Å². The number of hydrogen-bond acceptors (Lipinski definition) is 7. The van der Waals surface area contributed by atoms with E-state index >= 15 is 0 Å². The van der Waals surface area contributed by atoms with E-state index in [9.17, 15) is 19.4 Å². The molecule has 36 heavy (non-hydrogen) atoms. The molecule has 3 N–H and O–H groups in total. The van der Waals surface area contributed by atoms with Gasteiger partial charge in [-0.05, 0) is 62.4 Å². The van der Waals surface area contributed by atoms with Crippen LogP contribution in [0.1, 0.15) is 29.9 Å². The second-order valence-electron chi connectivity index (χ2n) is 8.36. The van der Waals surface area contributed by atoms with Crippen LogP contribution in [0, 0.1) is 5.82 Å².